The Bertz CT molecular complexity index is 804. The van der Waals surface area contributed by atoms with Crippen molar-refractivity contribution >= 4 is 11.6 Å². The van der Waals surface area contributed by atoms with Gasteiger partial charge in [-0.05, 0) is 30.5 Å². The number of likely N-dealkylation sites (tertiary alicyclic amines) is 1. The van der Waals surface area contributed by atoms with E-state index < -0.39 is 4.92 Å². The fourth-order valence-corrected chi connectivity index (χ4v) is 3.63. The Morgan fingerprint density at radius 2 is 1.93 bits per heavy atom. The van der Waals surface area contributed by atoms with Gasteiger partial charge in [0.25, 0.3) is 5.69 Å². The first-order valence-corrected chi connectivity index (χ1v) is 9.22. The van der Waals surface area contributed by atoms with Gasteiger partial charge in [-0.2, -0.15) is 0 Å². The van der Waals surface area contributed by atoms with Gasteiger partial charge in [-0.3, -0.25) is 14.9 Å². The second-order valence-corrected chi connectivity index (χ2v) is 6.87. The lowest BCUT2D eigenvalue weighted by atomic mass is 9.94. The number of methoxy groups -OCH3 is 1. The average Bonchev–Trinajstić information content (AvgIpc) is 2.95. The van der Waals surface area contributed by atoms with E-state index >= 15 is 0 Å². The van der Waals surface area contributed by atoms with E-state index in [2.05, 4.69) is 12.1 Å². The third-order valence-corrected chi connectivity index (χ3v) is 5.14. The van der Waals surface area contributed by atoms with E-state index in [0.29, 0.717) is 18.7 Å². The van der Waals surface area contributed by atoms with Crippen molar-refractivity contribution in [3.63, 3.8) is 0 Å². The zero-order valence-electron chi connectivity index (χ0n) is 15.5. The van der Waals surface area contributed by atoms with Gasteiger partial charge in [0.15, 0.2) is 0 Å². The number of carbonyl (C=O) groups is 1. The van der Waals surface area contributed by atoms with Gasteiger partial charge in [-0.1, -0.05) is 36.8 Å². The van der Waals surface area contributed by atoms with Crippen LogP contribution >= 0.6 is 0 Å². The summed E-state index contributed by atoms with van der Waals surface area (Å²) in [7, 11) is 1.64. The molecular formula is C21H24N2O4. The molecule has 3 rings (SSSR count). The monoisotopic (exact) mass is 368 g/mol. The van der Waals surface area contributed by atoms with Gasteiger partial charge < -0.3 is 9.64 Å². The summed E-state index contributed by atoms with van der Waals surface area (Å²) in [6.07, 6.45) is 3.11. The Hall–Kier alpha value is -2.89. The van der Waals surface area contributed by atoms with Crippen LogP contribution < -0.4 is 4.74 Å². The van der Waals surface area contributed by atoms with Crippen LogP contribution in [0.25, 0.3) is 0 Å². The maximum atomic E-state index is 12.9. The van der Waals surface area contributed by atoms with Crippen molar-refractivity contribution in [3.05, 3.63) is 69.8 Å². The predicted molar refractivity (Wildman–Crippen MR) is 103 cm³/mol. The topological polar surface area (TPSA) is 72.7 Å². The number of hydrogen-bond acceptors (Lipinski definition) is 4. The molecule has 1 amide bonds. The molecule has 1 unspecified atom stereocenters. The molecule has 1 saturated heterocycles. The Balaban J connectivity index is 1.73. The second kappa shape index (κ2) is 8.66. The molecule has 0 saturated carbocycles. The van der Waals surface area contributed by atoms with Crippen LogP contribution in [0.15, 0.2) is 48.5 Å². The Labute approximate surface area is 158 Å². The summed E-state index contributed by atoms with van der Waals surface area (Å²) >= 11 is 0. The van der Waals surface area contributed by atoms with Gasteiger partial charge in [-0.25, -0.2) is 0 Å². The molecule has 1 aliphatic rings. The van der Waals surface area contributed by atoms with Crippen LogP contribution in [0.2, 0.25) is 0 Å². The first-order chi connectivity index (χ1) is 13.1. The molecule has 0 aliphatic carbocycles. The predicted octanol–water partition coefficient (Wildman–Crippen LogP) is 3.94. The summed E-state index contributed by atoms with van der Waals surface area (Å²) in [4.78, 5) is 25.5. The minimum atomic E-state index is -0.425. The van der Waals surface area contributed by atoms with Crippen LogP contribution in [0, 0.1) is 10.1 Å². The number of nitro groups is 1. The van der Waals surface area contributed by atoms with Crippen molar-refractivity contribution in [3.8, 4) is 5.75 Å². The number of nitro benzene ring substituents is 1. The molecule has 6 heteroatoms. The molecule has 1 aliphatic heterocycles. The third-order valence-electron chi connectivity index (χ3n) is 5.14. The molecular weight excluding hydrogens is 344 g/mol. The van der Waals surface area contributed by atoms with E-state index in [4.69, 9.17) is 4.74 Å². The molecule has 1 atom stereocenters. The number of amides is 1. The number of rotatable bonds is 5. The minimum absolute atomic E-state index is 0.00683. The van der Waals surface area contributed by atoms with Crippen LogP contribution in [0.4, 0.5) is 5.69 Å². The molecule has 2 aromatic carbocycles. The number of benzene rings is 2. The van der Waals surface area contributed by atoms with E-state index in [-0.39, 0.29) is 23.9 Å². The molecule has 27 heavy (non-hydrogen) atoms. The average molecular weight is 368 g/mol. The summed E-state index contributed by atoms with van der Waals surface area (Å²) in [5, 5.41) is 11.2. The Morgan fingerprint density at radius 1 is 1.19 bits per heavy atom. The van der Waals surface area contributed by atoms with Crippen molar-refractivity contribution in [2.75, 3.05) is 20.2 Å². The number of nitrogens with zero attached hydrogens (tertiary/aromatic N) is 2. The standard InChI is InChI=1S/C21H24N2O4/c1-27-19-11-9-16(10-12-19)18-7-4-5-13-22(15-18)21(24)14-17-6-2-3-8-20(17)23(25)26/h2-3,6,8-12,18H,4-5,7,13-15H2,1H3. The van der Waals surface area contributed by atoms with Crippen molar-refractivity contribution in [2.24, 2.45) is 0 Å². The summed E-state index contributed by atoms with van der Waals surface area (Å²) in [5.74, 6) is 1.04. The highest BCUT2D eigenvalue weighted by molar-refractivity contribution is 5.80. The summed E-state index contributed by atoms with van der Waals surface area (Å²) in [6, 6.07) is 14.5. The molecule has 0 N–H and O–H groups in total. The first-order valence-electron chi connectivity index (χ1n) is 9.22. The van der Waals surface area contributed by atoms with Crippen molar-refractivity contribution in [1.29, 1.82) is 0 Å². The zero-order chi connectivity index (χ0) is 19.2. The number of hydrogen-bond donors (Lipinski definition) is 0. The van der Waals surface area contributed by atoms with Crippen LogP contribution in [0.3, 0.4) is 0 Å². The van der Waals surface area contributed by atoms with E-state index in [1.807, 2.05) is 17.0 Å². The van der Waals surface area contributed by atoms with E-state index in [0.717, 1.165) is 25.0 Å². The van der Waals surface area contributed by atoms with Gasteiger partial charge >= 0.3 is 0 Å². The maximum Gasteiger partial charge on any atom is 0.273 e. The van der Waals surface area contributed by atoms with Gasteiger partial charge in [0.2, 0.25) is 5.91 Å². The smallest absolute Gasteiger partial charge is 0.273 e. The van der Waals surface area contributed by atoms with Gasteiger partial charge in [0.05, 0.1) is 18.5 Å². The van der Waals surface area contributed by atoms with Crippen molar-refractivity contribution in [2.45, 2.75) is 31.6 Å². The lowest BCUT2D eigenvalue weighted by molar-refractivity contribution is -0.385. The largest absolute Gasteiger partial charge is 0.497 e. The summed E-state index contributed by atoms with van der Waals surface area (Å²) in [5.41, 5.74) is 1.67. The second-order valence-electron chi connectivity index (χ2n) is 6.87. The molecule has 1 heterocycles. The molecule has 142 valence electrons. The number of para-hydroxylation sites is 1. The van der Waals surface area contributed by atoms with E-state index in [1.54, 1.807) is 25.3 Å². The maximum absolute atomic E-state index is 12.9. The molecule has 1 fully saturated rings. The number of carbonyl (C=O) groups excluding carboxylic acids is 1. The third kappa shape index (κ3) is 4.64. The highest BCUT2D eigenvalue weighted by Crippen LogP contribution is 2.28. The SMILES string of the molecule is COc1ccc(C2CCCCN(C(=O)Cc3ccccc3[N+](=O)[O-])C2)cc1. The van der Waals surface area contributed by atoms with Crippen molar-refractivity contribution < 1.29 is 14.5 Å². The minimum Gasteiger partial charge on any atom is -0.497 e. The molecule has 2 aromatic rings. The van der Waals surface area contributed by atoms with Gasteiger partial charge in [0.1, 0.15) is 5.75 Å². The van der Waals surface area contributed by atoms with Gasteiger partial charge in [-0.15, -0.1) is 0 Å². The normalized spacial score (nSPS) is 17.2. The molecule has 0 spiro atoms. The van der Waals surface area contributed by atoms with Crippen LogP contribution in [-0.4, -0.2) is 35.9 Å². The van der Waals surface area contributed by atoms with Crippen LogP contribution in [0.1, 0.15) is 36.3 Å². The fraction of sp³-hybridized carbons (Fsp3) is 0.381. The lowest BCUT2D eigenvalue weighted by Gasteiger charge is -2.25. The number of ether oxygens (including phenoxy) is 1. The van der Waals surface area contributed by atoms with Crippen LogP contribution in [-0.2, 0) is 11.2 Å². The molecule has 0 bridgehead atoms. The summed E-state index contributed by atoms with van der Waals surface area (Å²) in [6.45, 7) is 1.35. The lowest BCUT2D eigenvalue weighted by Crippen LogP contribution is -2.35. The molecule has 6 nitrogen and oxygen atoms in total. The highest BCUT2D eigenvalue weighted by atomic mass is 16.6. The quantitative estimate of drug-likeness (QED) is 0.592. The summed E-state index contributed by atoms with van der Waals surface area (Å²) < 4.78 is 5.22. The molecule has 0 radical (unpaired) electrons. The van der Waals surface area contributed by atoms with E-state index in [9.17, 15) is 14.9 Å². The van der Waals surface area contributed by atoms with E-state index in [1.165, 1.54) is 11.6 Å². The zero-order valence-corrected chi connectivity index (χ0v) is 15.5. The fourth-order valence-electron chi connectivity index (χ4n) is 3.63. The first kappa shape index (κ1) is 18.9. The Morgan fingerprint density at radius 3 is 2.63 bits per heavy atom. The van der Waals surface area contributed by atoms with Crippen LogP contribution in [0.5, 0.6) is 5.75 Å². The highest BCUT2D eigenvalue weighted by Gasteiger charge is 2.25. The Kier molecular flexibility index (Phi) is 6.06. The molecule has 0 aromatic heterocycles. The van der Waals surface area contributed by atoms with Gasteiger partial charge in [0, 0.05) is 30.6 Å². The van der Waals surface area contributed by atoms with Crippen molar-refractivity contribution in [1.82, 2.24) is 4.90 Å².